The Labute approximate surface area is 132 Å². The van der Waals surface area contributed by atoms with Crippen LogP contribution in [0.5, 0.6) is 0 Å². The topological polar surface area (TPSA) is 49.8 Å². The van der Waals surface area contributed by atoms with E-state index in [2.05, 4.69) is 33.8 Å². The van der Waals surface area contributed by atoms with Gasteiger partial charge in [0.2, 0.25) is 0 Å². The number of hydrogen-bond donors (Lipinski definition) is 2. The molecule has 0 amide bonds. The molecule has 1 saturated heterocycles. The number of aromatic nitrogens is 2. The maximum atomic E-state index is 4.76. The van der Waals surface area contributed by atoms with Gasteiger partial charge in [0.1, 0.15) is 5.82 Å². The third kappa shape index (κ3) is 4.53. The van der Waals surface area contributed by atoms with E-state index in [1.54, 1.807) is 6.20 Å². The first kappa shape index (κ1) is 15.0. The molecule has 4 heteroatoms. The van der Waals surface area contributed by atoms with Gasteiger partial charge in [-0.1, -0.05) is 12.1 Å². The maximum absolute atomic E-state index is 4.76. The minimum absolute atomic E-state index is 0.760. The summed E-state index contributed by atoms with van der Waals surface area (Å²) < 4.78 is 0. The lowest BCUT2D eigenvalue weighted by atomic mass is 9.95. The Morgan fingerprint density at radius 2 is 2.14 bits per heavy atom. The summed E-state index contributed by atoms with van der Waals surface area (Å²) in [4.78, 5) is 8.90. The van der Waals surface area contributed by atoms with Crippen molar-refractivity contribution < 1.29 is 0 Å². The highest BCUT2D eigenvalue weighted by atomic mass is 15.0. The zero-order valence-corrected chi connectivity index (χ0v) is 13.0. The third-order valence-corrected chi connectivity index (χ3v) is 4.20. The van der Waals surface area contributed by atoms with Crippen LogP contribution in [0.25, 0.3) is 0 Å². The van der Waals surface area contributed by atoms with Gasteiger partial charge in [-0.15, -0.1) is 0 Å². The molecule has 0 bridgehead atoms. The van der Waals surface area contributed by atoms with Crippen LogP contribution >= 0.6 is 0 Å². The van der Waals surface area contributed by atoms with Crippen LogP contribution in [0.1, 0.15) is 30.5 Å². The van der Waals surface area contributed by atoms with Gasteiger partial charge in [-0.3, -0.25) is 4.98 Å². The lowest BCUT2D eigenvalue weighted by Crippen LogP contribution is -2.14. The Morgan fingerprint density at radius 3 is 3.05 bits per heavy atom. The standard InChI is InChI=1S/C18H24N4/c1-6-17(12-15-4-2-9-19-11-8-15)22-18(7-1)21-14-16-5-3-10-20-13-16/h1,3,5-7,10,13,15,19H,2,4,8-9,11-12,14H2,(H,21,22)/t15-/m0/s1. The second-order valence-electron chi connectivity index (χ2n) is 5.98. The molecule has 0 spiro atoms. The van der Waals surface area contributed by atoms with Crippen molar-refractivity contribution in [3.63, 3.8) is 0 Å². The third-order valence-electron chi connectivity index (χ3n) is 4.20. The fourth-order valence-electron chi connectivity index (χ4n) is 2.98. The van der Waals surface area contributed by atoms with Gasteiger partial charge in [0.15, 0.2) is 0 Å². The van der Waals surface area contributed by atoms with Crippen molar-refractivity contribution in [2.24, 2.45) is 5.92 Å². The van der Waals surface area contributed by atoms with Crippen LogP contribution in [0.15, 0.2) is 42.7 Å². The average Bonchev–Trinajstić information content (AvgIpc) is 2.83. The quantitative estimate of drug-likeness (QED) is 0.890. The second-order valence-corrected chi connectivity index (χ2v) is 5.98. The van der Waals surface area contributed by atoms with Crippen LogP contribution in [0.2, 0.25) is 0 Å². The molecule has 0 saturated carbocycles. The molecule has 0 aliphatic carbocycles. The van der Waals surface area contributed by atoms with Gasteiger partial charge in [-0.05, 0) is 68.5 Å². The van der Waals surface area contributed by atoms with E-state index in [1.807, 2.05) is 18.3 Å². The largest absolute Gasteiger partial charge is 0.366 e. The smallest absolute Gasteiger partial charge is 0.126 e. The molecule has 1 atom stereocenters. The van der Waals surface area contributed by atoms with E-state index in [-0.39, 0.29) is 0 Å². The molecule has 3 heterocycles. The van der Waals surface area contributed by atoms with E-state index in [4.69, 9.17) is 4.98 Å². The zero-order valence-electron chi connectivity index (χ0n) is 13.0. The Balaban J connectivity index is 1.57. The fraction of sp³-hybridized carbons (Fsp3) is 0.444. The van der Waals surface area contributed by atoms with Gasteiger partial charge < -0.3 is 10.6 Å². The Bertz CT molecular complexity index is 562. The van der Waals surface area contributed by atoms with E-state index in [9.17, 15) is 0 Å². The minimum Gasteiger partial charge on any atom is -0.366 e. The Kier molecular flexibility index (Phi) is 5.37. The second kappa shape index (κ2) is 7.90. The summed E-state index contributed by atoms with van der Waals surface area (Å²) in [5.41, 5.74) is 2.37. The van der Waals surface area contributed by atoms with Crippen molar-refractivity contribution >= 4 is 5.82 Å². The first-order chi connectivity index (χ1) is 10.9. The van der Waals surface area contributed by atoms with Crippen LogP contribution < -0.4 is 10.6 Å². The number of rotatable bonds is 5. The number of pyridine rings is 2. The lowest BCUT2D eigenvalue weighted by Gasteiger charge is -2.14. The van der Waals surface area contributed by atoms with Gasteiger partial charge >= 0.3 is 0 Å². The number of nitrogens with one attached hydrogen (secondary N) is 2. The Morgan fingerprint density at radius 1 is 1.14 bits per heavy atom. The molecule has 0 unspecified atom stereocenters. The molecule has 0 aromatic carbocycles. The van der Waals surface area contributed by atoms with Crippen LogP contribution in [0, 0.1) is 5.92 Å². The molecule has 4 nitrogen and oxygen atoms in total. The summed E-state index contributed by atoms with van der Waals surface area (Å²) in [5, 5.41) is 6.86. The summed E-state index contributed by atoms with van der Waals surface area (Å²) in [7, 11) is 0. The van der Waals surface area contributed by atoms with Gasteiger partial charge in [0.05, 0.1) is 0 Å². The van der Waals surface area contributed by atoms with Crippen molar-refractivity contribution in [2.75, 3.05) is 18.4 Å². The Hall–Kier alpha value is -1.94. The van der Waals surface area contributed by atoms with Crippen LogP contribution in [-0.2, 0) is 13.0 Å². The normalized spacial score (nSPS) is 18.6. The zero-order chi connectivity index (χ0) is 15.0. The number of anilines is 1. The number of hydrogen-bond acceptors (Lipinski definition) is 4. The number of nitrogens with zero attached hydrogens (tertiary/aromatic N) is 2. The molecule has 22 heavy (non-hydrogen) atoms. The average molecular weight is 296 g/mol. The molecule has 2 aromatic rings. The molecule has 3 rings (SSSR count). The fourth-order valence-corrected chi connectivity index (χ4v) is 2.98. The molecule has 1 aliphatic heterocycles. The molecule has 1 aliphatic rings. The predicted octanol–water partition coefficient (Wildman–Crippen LogP) is 3.02. The minimum atomic E-state index is 0.760. The summed E-state index contributed by atoms with van der Waals surface area (Å²) in [5.74, 6) is 1.71. The first-order valence-corrected chi connectivity index (χ1v) is 8.19. The first-order valence-electron chi connectivity index (χ1n) is 8.19. The van der Waals surface area contributed by atoms with Crippen molar-refractivity contribution in [1.29, 1.82) is 0 Å². The predicted molar refractivity (Wildman–Crippen MR) is 89.7 cm³/mol. The van der Waals surface area contributed by atoms with Crippen molar-refractivity contribution in [1.82, 2.24) is 15.3 Å². The van der Waals surface area contributed by atoms with Crippen molar-refractivity contribution in [3.8, 4) is 0 Å². The van der Waals surface area contributed by atoms with E-state index in [1.165, 1.54) is 30.5 Å². The van der Waals surface area contributed by atoms with Crippen LogP contribution in [-0.4, -0.2) is 23.1 Å². The molecule has 1 fully saturated rings. The molecular formula is C18H24N4. The highest BCUT2D eigenvalue weighted by Gasteiger charge is 2.13. The SMILES string of the molecule is c1cncc(CNc2cccc(C[C@H]3CCCNCC3)n2)c1. The van der Waals surface area contributed by atoms with Gasteiger partial charge in [0, 0.05) is 24.6 Å². The van der Waals surface area contributed by atoms with Gasteiger partial charge in [-0.25, -0.2) is 4.98 Å². The lowest BCUT2D eigenvalue weighted by molar-refractivity contribution is 0.465. The molecule has 2 N–H and O–H groups in total. The van der Waals surface area contributed by atoms with Gasteiger partial charge in [-0.2, -0.15) is 0 Å². The maximum Gasteiger partial charge on any atom is 0.126 e. The van der Waals surface area contributed by atoms with E-state index >= 15 is 0 Å². The van der Waals surface area contributed by atoms with E-state index in [0.29, 0.717) is 0 Å². The summed E-state index contributed by atoms with van der Waals surface area (Å²) in [6, 6.07) is 10.3. The molecule has 2 aromatic heterocycles. The molecule has 0 radical (unpaired) electrons. The summed E-state index contributed by atoms with van der Waals surface area (Å²) >= 11 is 0. The summed E-state index contributed by atoms with van der Waals surface area (Å²) in [6.07, 6.45) is 8.62. The van der Waals surface area contributed by atoms with Crippen LogP contribution in [0.4, 0.5) is 5.82 Å². The van der Waals surface area contributed by atoms with E-state index < -0.39 is 0 Å². The summed E-state index contributed by atoms with van der Waals surface area (Å²) in [6.45, 7) is 3.07. The van der Waals surface area contributed by atoms with Crippen molar-refractivity contribution in [3.05, 3.63) is 54.0 Å². The monoisotopic (exact) mass is 296 g/mol. The van der Waals surface area contributed by atoms with Crippen LogP contribution in [0.3, 0.4) is 0 Å². The molecule has 116 valence electrons. The van der Waals surface area contributed by atoms with Crippen molar-refractivity contribution in [2.45, 2.75) is 32.2 Å². The highest BCUT2D eigenvalue weighted by molar-refractivity contribution is 5.36. The molecular weight excluding hydrogens is 272 g/mol. The highest BCUT2D eigenvalue weighted by Crippen LogP contribution is 2.19. The van der Waals surface area contributed by atoms with Gasteiger partial charge in [0.25, 0.3) is 0 Å². The van der Waals surface area contributed by atoms with E-state index in [0.717, 1.165) is 37.8 Å².